The molecule has 0 atom stereocenters. The minimum absolute atomic E-state index is 0.0396. The molecular formula is C15H16ClF3N4O. The highest BCUT2D eigenvalue weighted by atomic mass is 35.5. The molecule has 0 unspecified atom stereocenters. The van der Waals surface area contributed by atoms with Gasteiger partial charge in [-0.15, -0.1) is 0 Å². The summed E-state index contributed by atoms with van der Waals surface area (Å²) in [5.41, 5.74) is -0.943. The Morgan fingerprint density at radius 2 is 2.17 bits per heavy atom. The van der Waals surface area contributed by atoms with Crippen molar-refractivity contribution in [2.24, 2.45) is 0 Å². The Kier molecular flexibility index (Phi) is 5.71. The number of nitrogens with one attached hydrogen (secondary N) is 1. The first kappa shape index (κ1) is 18.1. The van der Waals surface area contributed by atoms with Crippen molar-refractivity contribution in [2.75, 3.05) is 18.4 Å². The van der Waals surface area contributed by atoms with Gasteiger partial charge >= 0.3 is 12.2 Å². The fourth-order valence-corrected chi connectivity index (χ4v) is 2.31. The lowest BCUT2D eigenvalue weighted by atomic mass is 10.2. The van der Waals surface area contributed by atoms with Gasteiger partial charge in [0.2, 0.25) is 0 Å². The van der Waals surface area contributed by atoms with Gasteiger partial charge in [-0.05, 0) is 25.1 Å². The second-order valence-electron chi connectivity index (χ2n) is 5.00. The van der Waals surface area contributed by atoms with E-state index in [1.165, 1.54) is 11.0 Å². The lowest BCUT2D eigenvalue weighted by Crippen LogP contribution is -2.37. The topological polar surface area (TPSA) is 50.2 Å². The van der Waals surface area contributed by atoms with E-state index in [9.17, 15) is 18.0 Å². The van der Waals surface area contributed by atoms with Gasteiger partial charge in [0.05, 0.1) is 16.9 Å². The molecule has 0 saturated heterocycles. The molecule has 2 amide bonds. The van der Waals surface area contributed by atoms with Crippen molar-refractivity contribution in [3.63, 3.8) is 0 Å². The number of alkyl halides is 3. The number of hydrogen-bond donors (Lipinski definition) is 1. The predicted molar refractivity (Wildman–Crippen MR) is 84.9 cm³/mol. The molecular weight excluding hydrogens is 345 g/mol. The maximum atomic E-state index is 12.9. The summed E-state index contributed by atoms with van der Waals surface area (Å²) in [6.07, 6.45) is 0.438. The number of carbonyl (C=O) groups excluding carboxylic acids is 1. The van der Waals surface area contributed by atoms with E-state index in [0.717, 1.165) is 12.1 Å². The van der Waals surface area contributed by atoms with Crippen molar-refractivity contribution in [3.8, 4) is 0 Å². The number of benzene rings is 1. The van der Waals surface area contributed by atoms with Crippen molar-refractivity contribution in [3.05, 3.63) is 47.5 Å². The summed E-state index contributed by atoms with van der Waals surface area (Å²) in [5.74, 6) is 0. The van der Waals surface area contributed by atoms with Gasteiger partial charge < -0.3 is 14.8 Å². The maximum absolute atomic E-state index is 12.9. The van der Waals surface area contributed by atoms with Crippen molar-refractivity contribution >= 4 is 23.3 Å². The average Bonchev–Trinajstić information content (AvgIpc) is 3.02. The van der Waals surface area contributed by atoms with Gasteiger partial charge in [-0.2, -0.15) is 13.2 Å². The molecule has 0 aliphatic rings. The van der Waals surface area contributed by atoms with Crippen molar-refractivity contribution in [2.45, 2.75) is 19.6 Å². The van der Waals surface area contributed by atoms with Crippen LogP contribution in [0.2, 0.25) is 5.02 Å². The normalized spacial score (nSPS) is 11.4. The lowest BCUT2D eigenvalue weighted by molar-refractivity contribution is -0.137. The number of halogens is 4. The zero-order valence-electron chi connectivity index (χ0n) is 12.8. The highest BCUT2D eigenvalue weighted by molar-refractivity contribution is 6.31. The summed E-state index contributed by atoms with van der Waals surface area (Å²) in [5, 5.41) is 2.06. The van der Waals surface area contributed by atoms with E-state index in [0.29, 0.717) is 19.6 Å². The molecule has 24 heavy (non-hydrogen) atoms. The van der Waals surface area contributed by atoms with Crippen LogP contribution in [-0.4, -0.2) is 33.6 Å². The minimum atomic E-state index is -4.58. The Bertz CT molecular complexity index is 689. The molecule has 9 heteroatoms. The molecule has 0 aliphatic carbocycles. The molecule has 1 aromatic heterocycles. The van der Waals surface area contributed by atoms with Gasteiger partial charge in [0.1, 0.15) is 0 Å². The Morgan fingerprint density at radius 1 is 1.42 bits per heavy atom. The molecule has 5 nitrogen and oxygen atoms in total. The molecule has 0 spiro atoms. The maximum Gasteiger partial charge on any atom is 0.417 e. The van der Waals surface area contributed by atoms with Crippen LogP contribution in [0.3, 0.4) is 0 Å². The largest absolute Gasteiger partial charge is 0.417 e. The SMILES string of the molecule is CCN(CCn1ccnc1)C(=O)Nc1ccc(Cl)c(C(F)(F)F)c1. The van der Waals surface area contributed by atoms with Crippen LogP contribution in [-0.2, 0) is 12.7 Å². The summed E-state index contributed by atoms with van der Waals surface area (Å²) < 4.78 is 40.4. The number of aromatic nitrogens is 2. The summed E-state index contributed by atoms with van der Waals surface area (Å²) in [6.45, 7) is 3.14. The molecule has 0 bridgehead atoms. The van der Waals surface area contributed by atoms with Crippen LogP contribution in [0.15, 0.2) is 36.9 Å². The van der Waals surface area contributed by atoms with E-state index < -0.39 is 22.8 Å². The molecule has 1 aromatic carbocycles. The molecule has 0 fully saturated rings. The smallest absolute Gasteiger partial charge is 0.336 e. The number of amides is 2. The fourth-order valence-electron chi connectivity index (χ4n) is 2.08. The van der Waals surface area contributed by atoms with E-state index >= 15 is 0 Å². The number of urea groups is 1. The Hall–Kier alpha value is -2.22. The van der Waals surface area contributed by atoms with Crippen LogP contribution in [0.4, 0.5) is 23.7 Å². The van der Waals surface area contributed by atoms with Crippen LogP contribution in [0, 0.1) is 0 Å². The summed E-state index contributed by atoms with van der Waals surface area (Å²) in [6, 6.07) is 2.79. The number of nitrogens with zero attached hydrogens (tertiary/aromatic N) is 3. The van der Waals surface area contributed by atoms with E-state index in [1.807, 2.05) is 0 Å². The summed E-state index contributed by atoms with van der Waals surface area (Å²) in [4.78, 5) is 17.6. The van der Waals surface area contributed by atoms with E-state index in [1.54, 1.807) is 30.2 Å². The molecule has 130 valence electrons. The first-order valence-electron chi connectivity index (χ1n) is 7.19. The zero-order chi connectivity index (χ0) is 17.7. The second-order valence-corrected chi connectivity index (χ2v) is 5.41. The van der Waals surface area contributed by atoms with Crippen molar-refractivity contribution in [1.82, 2.24) is 14.5 Å². The highest BCUT2D eigenvalue weighted by Gasteiger charge is 2.33. The number of anilines is 1. The van der Waals surface area contributed by atoms with Crippen LogP contribution in [0.1, 0.15) is 12.5 Å². The number of carbonyl (C=O) groups is 1. The van der Waals surface area contributed by atoms with Gasteiger partial charge in [-0.25, -0.2) is 9.78 Å². The van der Waals surface area contributed by atoms with Gasteiger partial charge in [-0.1, -0.05) is 11.6 Å². The van der Waals surface area contributed by atoms with E-state index in [2.05, 4.69) is 10.3 Å². The molecule has 0 aliphatic heterocycles. The first-order chi connectivity index (χ1) is 11.3. The third kappa shape index (κ3) is 4.64. The van der Waals surface area contributed by atoms with Gasteiger partial charge in [-0.3, -0.25) is 0 Å². The fraction of sp³-hybridized carbons (Fsp3) is 0.333. The highest BCUT2D eigenvalue weighted by Crippen LogP contribution is 2.36. The second kappa shape index (κ2) is 7.57. The quantitative estimate of drug-likeness (QED) is 0.872. The van der Waals surface area contributed by atoms with Gasteiger partial charge in [0, 0.05) is 37.7 Å². The lowest BCUT2D eigenvalue weighted by Gasteiger charge is -2.22. The molecule has 1 N–H and O–H groups in total. The van der Waals surface area contributed by atoms with Gasteiger partial charge in [0.15, 0.2) is 0 Å². The van der Waals surface area contributed by atoms with E-state index in [4.69, 9.17) is 11.6 Å². The molecule has 2 rings (SSSR count). The number of rotatable bonds is 5. The standard InChI is InChI=1S/C15H16ClF3N4O/c1-2-23(8-7-22-6-5-20-10-22)14(24)21-11-3-4-13(16)12(9-11)15(17,18)19/h3-6,9-10H,2,7-8H2,1H3,(H,21,24). The van der Waals surface area contributed by atoms with Gasteiger partial charge in [0.25, 0.3) is 0 Å². The van der Waals surface area contributed by atoms with Crippen LogP contribution < -0.4 is 5.32 Å². The Labute approximate surface area is 142 Å². The van der Waals surface area contributed by atoms with Crippen molar-refractivity contribution < 1.29 is 18.0 Å². The van der Waals surface area contributed by atoms with Crippen molar-refractivity contribution in [1.29, 1.82) is 0 Å². The monoisotopic (exact) mass is 360 g/mol. The zero-order valence-corrected chi connectivity index (χ0v) is 13.6. The van der Waals surface area contributed by atoms with E-state index in [-0.39, 0.29) is 5.69 Å². The first-order valence-corrected chi connectivity index (χ1v) is 7.57. The Morgan fingerprint density at radius 3 is 2.75 bits per heavy atom. The molecule has 1 heterocycles. The summed E-state index contributed by atoms with van der Waals surface area (Å²) in [7, 11) is 0. The molecule has 0 radical (unpaired) electrons. The predicted octanol–water partition coefficient (Wildman–Crippen LogP) is 4.11. The third-order valence-corrected chi connectivity index (χ3v) is 3.71. The molecule has 2 aromatic rings. The Balaban J connectivity index is 2.04. The molecule has 0 saturated carbocycles. The number of likely N-dealkylation sites (N-methyl/N-ethyl adjacent to an activating group) is 1. The average molecular weight is 361 g/mol. The summed E-state index contributed by atoms with van der Waals surface area (Å²) >= 11 is 5.56. The van der Waals surface area contributed by atoms with Crippen LogP contribution in [0.5, 0.6) is 0 Å². The number of imidazole rings is 1. The minimum Gasteiger partial charge on any atom is -0.336 e. The van der Waals surface area contributed by atoms with Crippen LogP contribution in [0.25, 0.3) is 0 Å². The third-order valence-electron chi connectivity index (χ3n) is 3.38. The van der Waals surface area contributed by atoms with Crippen LogP contribution >= 0.6 is 11.6 Å². The number of hydrogen-bond acceptors (Lipinski definition) is 2.